The van der Waals surface area contributed by atoms with Crippen molar-refractivity contribution in [1.29, 1.82) is 5.26 Å². The predicted octanol–water partition coefficient (Wildman–Crippen LogP) is 4.19. The number of nitrogens with zero attached hydrogens (tertiary/aromatic N) is 5. The molecule has 1 atom stereocenters. The van der Waals surface area contributed by atoms with Gasteiger partial charge in [0, 0.05) is 12.7 Å². The Hall–Kier alpha value is -2.82. The summed E-state index contributed by atoms with van der Waals surface area (Å²) in [4.78, 5) is 16.6. The Morgan fingerprint density at radius 1 is 1.26 bits per heavy atom. The highest BCUT2D eigenvalue weighted by molar-refractivity contribution is 7.16. The van der Waals surface area contributed by atoms with Crippen LogP contribution in [0.15, 0.2) is 42.7 Å². The predicted molar refractivity (Wildman–Crippen MR) is 106 cm³/mol. The fourth-order valence-corrected chi connectivity index (χ4v) is 3.97. The van der Waals surface area contributed by atoms with E-state index < -0.39 is 0 Å². The second kappa shape index (κ2) is 7.82. The molecule has 3 aromatic rings. The second-order valence-electron chi connectivity index (χ2n) is 6.67. The first kappa shape index (κ1) is 17.6. The van der Waals surface area contributed by atoms with Gasteiger partial charge in [-0.1, -0.05) is 23.5 Å². The topological polar surface area (TPSA) is 77.7 Å². The van der Waals surface area contributed by atoms with E-state index >= 15 is 0 Å². The van der Waals surface area contributed by atoms with E-state index in [2.05, 4.69) is 51.4 Å². The third-order valence-electron chi connectivity index (χ3n) is 4.66. The molecule has 0 aliphatic carbocycles. The van der Waals surface area contributed by atoms with Gasteiger partial charge in [0.1, 0.15) is 16.8 Å². The summed E-state index contributed by atoms with van der Waals surface area (Å²) in [6.07, 6.45) is 5.75. The average molecular weight is 376 g/mol. The Labute approximate surface area is 162 Å². The van der Waals surface area contributed by atoms with E-state index in [1.54, 1.807) is 6.20 Å². The number of hydrogen-bond acceptors (Lipinski definition) is 7. The van der Waals surface area contributed by atoms with E-state index in [9.17, 15) is 0 Å². The fraction of sp³-hybridized carbons (Fsp3) is 0.300. The summed E-state index contributed by atoms with van der Waals surface area (Å²) in [5.41, 5.74) is 3.33. The molecule has 0 spiro atoms. The van der Waals surface area contributed by atoms with Gasteiger partial charge in [-0.05, 0) is 50.1 Å². The molecule has 0 bridgehead atoms. The third kappa shape index (κ3) is 4.13. The van der Waals surface area contributed by atoms with Crippen LogP contribution in [0.5, 0.6) is 0 Å². The molecule has 0 saturated carbocycles. The van der Waals surface area contributed by atoms with Crippen LogP contribution in [0.1, 0.15) is 40.7 Å². The van der Waals surface area contributed by atoms with Crippen molar-refractivity contribution in [2.45, 2.75) is 32.4 Å². The molecule has 136 valence electrons. The maximum Gasteiger partial charge on any atom is 0.189 e. The molecule has 4 heterocycles. The van der Waals surface area contributed by atoms with Crippen molar-refractivity contribution in [3.63, 3.8) is 0 Å². The van der Waals surface area contributed by atoms with Crippen LogP contribution in [0.3, 0.4) is 0 Å². The summed E-state index contributed by atoms with van der Waals surface area (Å²) in [5, 5.41) is 12.8. The molecule has 1 aliphatic rings. The molecule has 7 heteroatoms. The average Bonchev–Trinajstić information content (AvgIpc) is 3.33. The number of aryl methyl sites for hydroxylation is 1. The monoisotopic (exact) mass is 376 g/mol. The van der Waals surface area contributed by atoms with E-state index in [-0.39, 0.29) is 0 Å². The molecule has 1 saturated heterocycles. The summed E-state index contributed by atoms with van der Waals surface area (Å²) >= 11 is 1.33. The molecular formula is C20H20N6S. The van der Waals surface area contributed by atoms with Crippen LogP contribution in [-0.2, 0) is 6.54 Å². The largest absolute Gasteiger partial charge is 0.316 e. The van der Waals surface area contributed by atoms with Crippen molar-refractivity contribution in [3.8, 4) is 6.07 Å². The molecule has 0 radical (unpaired) electrons. The number of rotatable bonds is 5. The van der Waals surface area contributed by atoms with E-state index in [1.165, 1.54) is 16.9 Å². The van der Waals surface area contributed by atoms with E-state index in [0.717, 1.165) is 43.1 Å². The highest BCUT2D eigenvalue weighted by Gasteiger charge is 2.27. The number of pyridine rings is 2. The minimum atomic E-state index is 0.292. The van der Waals surface area contributed by atoms with Gasteiger partial charge in [0.15, 0.2) is 5.13 Å². The van der Waals surface area contributed by atoms with Crippen molar-refractivity contribution in [3.05, 3.63) is 64.6 Å². The molecule has 1 aliphatic heterocycles. The van der Waals surface area contributed by atoms with Crippen LogP contribution < -0.4 is 5.32 Å². The smallest absolute Gasteiger partial charge is 0.189 e. The van der Waals surface area contributed by atoms with Crippen molar-refractivity contribution >= 4 is 22.3 Å². The number of likely N-dealkylation sites (tertiary alicyclic amines) is 1. The fourth-order valence-electron chi connectivity index (χ4n) is 3.35. The van der Waals surface area contributed by atoms with Gasteiger partial charge < -0.3 is 5.32 Å². The Bertz CT molecular complexity index is 959. The summed E-state index contributed by atoms with van der Waals surface area (Å²) in [7, 11) is 0. The van der Waals surface area contributed by atoms with Crippen molar-refractivity contribution in [2.75, 3.05) is 11.9 Å². The zero-order valence-corrected chi connectivity index (χ0v) is 15.9. The molecule has 0 aromatic carbocycles. The lowest BCUT2D eigenvalue weighted by Gasteiger charge is -2.24. The van der Waals surface area contributed by atoms with E-state index in [0.29, 0.717) is 16.1 Å². The van der Waals surface area contributed by atoms with Gasteiger partial charge in [0.2, 0.25) is 0 Å². The number of nitriles is 1. The van der Waals surface area contributed by atoms with Gasteiger partial charge in [0.25, 0.3) is 0 Å². The first-order valence-corrected chi connectivity index (χ1v) is 9.78. The van der Waals surface area contributed by atoms with E-state index in [4.69, 9.17) is 10.2 Å². The van der Waals surface area contributed by atoms with Crippen LogP contribution >= 0.6 is 11.3 Å². The Morgan fingerprint density at radius 3 is 2.96 bits per heavy atom. The van der Waals surface area contributed by atoms with Crippen LogP contribution in [0.4, 0.5) is 10.9 Å². The first-order chi connectivity index (χ1) is 13.2. The molecule has 3 aromatic heterocycles. The van der Waals surface area contributed by atoms with Crippen LogP contribution in [0.25, 0.3) is 0 Å². The van der Waals surface area contributed by atoms with Crippen LogP contribution in [-0.4, -0.2) is 26.4 Å². The minimum absolute atomic E-state index is 0.292. The number of hydrogen-bond donors (Lipinski definition) is 1. The van der Waals surface area contributed by atoms with Crippen LogP contribution in [0.2, 0.25) is 0 Å². The minimum Gasteiger partial charge on any atom is -0.316 e. The summed E-state index contributed by atoms with van der Waals surface area (Å²) in [6, 6.07) is 12.6. The highest BCUT2D eigenvalue weighted by Crippen LogP contribution is 2.33. The molecule has 4 rings (SSSR count). The molecular weight excluding hydrogens is 356 g/mol. The summed E-state index contributed by atoms with van der Waals surface area (Å²) in [5.74, 6) is 0.756. The van der Waals surface area contributed by atoms with Gasteiger partial charge in [0.05, 0.1) is 23.6 Å². The molecule has 1 N–H and O–H groups in total. The molecule has 0 unspecified atom stereocenters. The molecule has 27 heavy (non-hydrogen) atoms. The Kier molecular flexibility index (Phi) is 5.10. The SMILES string of the molecule is Cc1ccc(CN2CCC[C@@H]2c2cccc(Nc3ncc(C#N)s3)n2)nc1. The third-order valence-corrected chi connectivity index (χ3v) is 5.48. The number of thiazole rings is 1. The van der Waals surface area contributed by atoms with Gasteiger partial charge in [-0.3, -0.25) is 9.88 Å². The number of aromatic nitrogens is 3. The normalized spacial score (nSPS) is 17.0. The van der Waals surface area contributed by atoms with Gasteiger partial charge in [-0.15, -0.1) is 0 Å². The van der Waals surface area contributed by atoms with Crippen molar-refractivity contribution < 1.29 is 0 Å². The molecule has 0 amide bonds. The summed E-state index contributed by atoms with van der Waals surface area (Å²) < 4.78 is 0. The highest BCUT2D eigenvalue weighted by atomic mass is 32.1. The van der Waals surface area contributed by atoms with Gasteiger partial charge in [-0.2, -0.15) is 5.26 Å². The second-order valence-corrected chi connectivity index (χ2v) is 7.70. The zero-order valence-electron chi connectivity index (χ0n) is 15.1. The standard InChI is InChI=1S/C20H20N6S/c1-14-7-8-15(22-11-14)13-26-9-3-5-18(26)17-4-2-6-19(24-17)25-20-23-12-16(10-21)27-20/h2,4,6-8,11-12,18H,3,5,9,13H2,1H3,(H,23,24,25)/t18-/m1/s1. The quantitative estimate of drug-likeness (QED) is 0.719. The van der Waals surface area contributed by atoms with Gasteiger partial charge in [-0.25, -0.2) is 9.97 Å². The van der Waals surface area contributed by atoms with Crippen molar-refractivity contribution in [2.24, 2.45) is 0 Å². The lowest BCUT2D eigenvalue weighted by molar-refractivity contribution is 0.241. The lowest BCUT2D eigenvalue weighted by atomic mass is 10.1. The van der Waals surface area contributed by atoms with Crippen molar-refractivity contribution in [1.82, 2.24) is 19.9 Å². The van der Waals surface area contributed by atoms with Gasteiger partial charge >= 0.3 is 0 Å². The van der Waals surface area contributed by atoms with E-state index in [1.807, 2.05) is 18.3 Å². The zero-order chi connectivity index (χ0) is 18.6. The Balaban J connectivity index is 1.49. The maximum atomic E-state index is 8.94. The maximum absolute atomic E-state index is 8.94. The molecule has 1 fully saturated rings. The first-order valence-electron chi connectivity index (χ1n) is 8.97. The lowest BCUT2D eigenvalue weighted by Crippen LogP contribution is -2.24. The summed E-state index contributed by atoms with van der Waals surface area (Å²) in [6.45, 7) is 3.94. The Morgan fingerprint density at radius 2 is 2.19 bits per heavy atom. The molecule has 6 nitrogen and oxygen atoms in total. The number of nitrogens with one attached hydrogen (secondary N) is 1. The number of anilines is 2. The van der Waals surface area contributed by atoms with Crippen LogP contribution in [0, 0.1) is 18.3 Å².